The SMILES string of the molecule is CCn1cc(N)c(C(=O)Nc2ccccc2I)n1. The number of nitrogens with zero attached hydrogens (tertiary/aromatic N) is 2. The third-order valence-corrected chi connectivity index (χ3v) is 3.39. The van der Waals surface area contributed by atoms with Crippen molar-refractivity contribution < 1.29 is 4.79 Å². The Bertz CT molecular complexity index is 579. The van der Waals surface area contributed by atoms with Crippen molar-refractivity contribution in [3.63, 3.8) is 0 Å². The third-order valence-electron chi connectivity index (χ3n) is 2.45. The van der Waals surface area contributed by atoms with Crippen LogP contribution in [0.2, 0.25) is 0 Å². The highest BCUT2D eigenvalue weighted by Crippen LogP contribution is 2.19. The summed E-state index contributed by atoms with van der Waals surface area (Å²) in [7, 11) is 0. The Morgan fingerprint density at radius 3 is 2.83 bits per heavy atom. The van der Waals surface area contributed by atoms with Crippen molar-refractivity contribution in [2.24, 2.45) is 0 Å². The Hall–Kier alpha value is -1.57. The first-order chi connectivity index (χ1) is 8.61. The molecule has 0 aliphatic carbocycles. The number of halogens is 1. The molecule has 0 saturated heterocycles. The summed E-state index contributed by atoms with van der Waals surface area (Å²) in [4.78, 5) is 12.0. The lowest BCUT2D eigenvalue weighted by Gasteiger charge is -2.05. The van der Waals surface area contributed by atoms with Gasteiger partial charge in [-0.05, 0) is 41.6 Å². The molecule has 0 radical (unpaired) electrons. The van der Waals surface area contributed by atoms with Crippen LogP contribution in [-0.4, -0.2) is 15.7 Å². The number of aromatic nitrogens is 2. The first-order valence-corrected chi connectivity index (χ1v) is 6.58. The molecule has 0 fully saturated rings. The lowest BCUT2D eigenvalue weighted by Crippen LogP contribution is -2.15. The highest BCUT2D eigenvalue weighted by molar-refractivity contribution is 14.1. The van der Waals surface area contributed by atoms with Crippen LogP contribution in [0.3, 0.4) is 0 Å². The molecule has 5 nitrogen and oxygen atoms in total. The van der Waals surface area contributed by atoms with Crippen molar-refractivity contribution >= 4 is 39.9 Å². The molecule has 0 bridgehead atoms. The van der Waals surface area contributed by atoms with E-state index < -0.39 is 0 Å². The zero-order valence-electron chi connectivity index (χ0n) is 9.85. The van der Waals surface area contributed by atoms with Crippen LogP contribution in [-0.2, 0) is 6.54 Å². The number of nitrogen functional groups attached to an aromatic ring is 1. The highest BCUT2D eigenvalue weighted by Gasteiger charge is 2.15. The van der Waals surface area contributed by atoms with Gasteiger partial charge in [0.25, 0.3) is 5.91 Å². The molecule has 3 N–H and O–H groups in total. The predicted molar refractivity (Wildman–Crippen MR) is 79.4 cm³/mol. The predicted octanol–water partition coefficient (Wildman–Crippen LogP) is 2.34. The molecule has 1 heterocycles. The molecule has 0 aliphatic rings. The summed E-state index contributed by atoms with van der Waals surface area (Å²) in [5.41, 5.74) is 7.17. The minimum absolute atomic E-state index is 0.261. The summed E-state index contributed by atoms with van der Waals surface area (Å²) >= 11 is 2.16. The second kappa shape index (κ2) is 5.38. The average molecular weight is 356 g/mol. The van der Waals surface area contributed by atoms with E-state index in [1.807, 2.05) is 31.2 Å². The average Bonchev–Trinajstić information content (AvgIpc) is 2.73. The standard InChI is InChI=1S/C12H13IN4O/c1-2-17-7-9(14)11(16-17)12(18)15-10-6-4-3-5-8(10)13/h3-7H,2,14H2,1H3,(H,15,18). The number of aryl methyl sites for hydroxylation is 1. The Kier molecular flexibility index (Phi) is 3.85. The first kappa shape index (κ1) is 12.9. The molecule has 2 aromatic rings. The molecule has 1 aromatic heterocycles. The maximum absolute atomic E-state index is 12.0. The first-order valence-electron chi connectivity index (χ1n) is 5.50. The van der Waals surface area contributed by atoms with Crippen LogP contribution >= 0.6 is 22.6 Å². The smallest absolute Gasteiger partial charge is 0.278 e. The molecular weight excluding hydrogens is 343 g/mol. The van der Waals surface area contributed by atoms with E-state index in [1.54, 1.807) is 10.9 Å². The third kappa shape index (κ3) is 2.63. The molecule has 18 heavy (non-hydrogen) atoms. The van der Waals surface area contributed by atoms with Crippen molar-refractivity contribution in [1.82, 2.24) is 9.78 Å². The second-order valence-corrected chi connectivity index (χ2v) is 4.88. The summed E-state index contributed by atoms with van der Waals surface area (Å²) in [5.74, 6) is -0.288. The van der Waals surface area contributed by atoms with Crippen LogP contribution in [0.5, 0.6) is 0 Å². The maximum Gasteiger partial charge on any atom is 0.278 e. The number of para-hydroxylation sites is 1. The Balaban J connectivity index is 2.22. The minimum atomic E-state index is -0.288. The summed E-state index contributed by atoms with van der Waals surface area (Å²) in [6.45, 7) is 2.62. The lowest BCUT2D eigenvalue weighted by molar-refractivity contribution is 0.102. The molecule has 6 heteroatoms. The Morgan fingerprint density at radius 1 is 1.50 bits per heavy atom. The number of nitrogens with one attached hydrogen (secondary N) is 1. The van der Waals surface area contributed by atoms with Crippen LogP contribution in [0, 0.1) is 3.57 Å². The largest absolute Gasteiger partial charge is 0.396 e. The van der Waals surface area contributed by atoms with E-state index in [0.717, 1.165) is 9.26 Å². The van der Waals surface area contributed by atoms with Crippen molar-refractivity contribution in [3.05, 3.63) is 39.7 Å². The number of hydrogen-bond donors (Lipinski definition) is 2. The van der Waals surface area contributed by atoms with E-state index in [-0.39, 0.29) is 11.6 Å². The monoisotopic (exact) mass is 356 g/mol. The van der Waals surface area contributed by atoms with E-state index >= 15 is 0 Å². The fourth-order valence-corrected chi connectivity index (χ4v) is 2.04. The molecule has 0 spiro atoms. The molecule has 94 valence electrons. The molecule has 1 amide bonds. The second-order valence-electron chi connectivity index (χ2n) is 3.72. The number of rotatable bonds is 3. The van der Waals surface area contributed by atoms with Gasteiger partial charge in [-0.25, -0.2) is 0 Å². The van der Waals surface area contributed by atoms with Crippen molar-refractivity contribution in [3.8, 4) is 0 Å². The van der Waals surface area contributed by atoms with E-state index in [4.69, 9.17) is 5.73 Å². The van der Waals surface area contributed by atoms with Gasteiger partial charge in [-0.3, -0.25) is 9.48 Å². The Labute approximate surface area is 119 Å². The van der Waals surface area contributed by atoms with Gasteiger partial charge in [0.05, 0.1) is 11.4 Å². The van der Waals surface area contributed by atoms with Crippen LogP contribution in [0.25, 0.3) is 0 Å². The Morgan fingerprint density at radius 2 is 2.22 bits per heavy atom. The number of carbonyl (C=O) groups excluding carboxylic acids is 1. The fourth-order valence-electron chi connectivity index (χ4n) is 1.52. The van der Waals surface area contributed by atoms with Crippen LogP contribution in [0.15, 0.2) is 30.5 Å². The quantitative estimate of drug-likeness (QED) is 0.830. The molecule has 2 rings (SSSR count). The number of nitrogens with two attached hydrogens (primary N) is 1. The summed E-state index contributed by atoms with van der Waals surface area (Å²) in [6.07, 6.45) is 1.66. The zero-order valence-corrected chi connectivity index (χ0v) is 12.0. The maximum atomic E-state index is 12.0. The summed E-state index contributed by atoms with van der Waals surface area (Å²) < 4.78 is 2.61. The van der Waals surface area contributed by atoms with Gasteiger partial charge in [0.1, 0.15) is 0 Å². The fraction of sp³-hybridized carbons (Fsp3) is 0.167. The van der Waals surface area contributed by atoms with Crippen LogP contribution in [0.1, 0.15) is 17.4 Å². The van der Waals surface area contributed by atoms with Crippen LogP contribution in [0.4, 0.5) is 11.4 Å². The van der Waals surface area contributed by atoms with Gasteiger partial charge < -0.3 is 11.1 Å². The number of carbonyl (C=O) groups is 1. The lowest BCUT2D eigenvalue weighted by atomic mass is 10.3. The van der Waals surface area contributed by atoms with E-state index in [1.165, 1.54) is 0 Å². The molecule has 0 atom stereocenters. The molecule has 0 saturated carbocycles. The number of anilines is 2. The van der Waals surface area contributed by atoms with E-state index in [9.17, 15) is 4.79 Å². The van der Waals surface area contributed by atoms with E-state index in [0.29, 0.717) is 12.2 Å². The molecular formula is C12H13IN4O. The van der Waals surface area contributed by atoms with Gasteiger partial charge in [-0.1, -0.05) is 12.1 Å². The van der Waals surface area contributed by atoms with Gasteiger partial charge >= 0.3 is 0 Å². The summed E-state index contributed by atoms with van der Waals surface area (Å²) in [5, 5.41) is 6.93. The number of amides is 1. The number of hydrogen-bond acceptors (Lipinski definition) is 3. The minimum Gasteiger partial charge on any atom is -0.396 e. The molecule has 0 unspecified atom stereocenters. The molecule has 0 aliphatic heterocycles. The highest BCUT2D eigenvalue weighted by atomic mass is 127. The number of benzene rings is 1. The normalized spacial score (nSPS) is 10.3. The van der Waals surface area contributed by atoms with Gasteiger partial charge in [-0.2, -0.15) is 5.10 Å². The van der Waals surface area contributed by atoms with Gasteiger partial charge in [-0.15, -0.1) is 0 Å². The topological polar surface area (TPSA) is 72.9 Å². The van der Waals surface area contributed by atoms with Crippen molar-refractivity contribution in [1.29, 1.82) is 0 Å². The molecule has 1 aromatic carbocycles. The van der Waals surface area contributed by atoms with Crippen LogP contribution < -0.4 is 11.1 Å². The van der Waals surface area contributed by atoms with Gasteiger partial charge in [0, 0.05) is 16.3 Å². The van der Waals surface area contributed by atoms with E-state index in [2.05, 4.69) is 33.0 Å². The van der Waals surface area contributed by atoms with Crippen molar-refractivity contribution in [2.75, 3.05) is 11.1 Å². The van der Waals surface area contributed by atoms with Crippen molar-refractivity contribution in [2.45, 2.75) is 13.5 Å². The van der Waals surface area contributed by atoms with Gasteiger partial charge in [0.15, 0.2) is 5.69 Å². The zero-order chi connectivity index (χ0) is 13.1. The summed E-state index contributed by atoms with van der Waals surface area (Å²) in [6, 6.07) is 7.54. The van der Waals surface area contributed by atoms with Gasteiger partial charge in [0.2, 0.25) is 0 Å².